The predicted octanol–water partition coefficient (Wildman–Crippen LogP) is 2.21. The third-order valence-corrected chi connectivity index (χ3v) is 4.78. The molecule has 0 saturated heterocycles. The van der Waals surface area contributed by atoms with Gasteiger partial charge in [0.05, 0.1) is 0 Å². The molecule has 0 atom stereocenters. The van der Waals surface area contributed by atoms with Crippen molar-refractivity contribution in [3.63, 3.8) is 0 Å². The quantitative estimate of drug-likeness (QED) is 0.570. The molecule has 2 aromatic heterocycles. The maximum atomic E-state index is 12.2. The van der Waals surface area contributed by atoms with E-state index < -0.39 is 11.2 Å². The average molecular weight is 342 g/mol. The molecule has 2 heterocycles. The van der Waals surface area contributed by atoms with E-state index in [1.165, 1.54) is 27.5 Å². The molecule has 1 aromatic carbocycles. The van der Waals surface area contributed by atoms with E-state index in [1.54, 1.807) is 17.7 Å². The fourth-order valence-corrected chi connectivity index (χ4v) is 3.52. The van der Waals surface area contributed by atoms with E-state index >= 15 is 0 Å². The molecule has 6 nitrogen and oxygen atoms in total. The number of thioether (sulfide) groups is 1. The number of benzene rings is 1. The number of nitrogens with one attached hydrogen (secondary N) is 1. The van der Waals surface area contributed by atoms with Crippen molar-refractivity contribution in [2.24, 2.45) is 7.05 Å². The Balaban J connectivity index is 2.07. The highest BCUT2D eigenvalue weighted by Gasteiger charge is 2.16. The second-order valence-electron chi connectivity index (χ2n) is 5.56. The van der Waals surface area contributed by atoms with Crippen LogP contribution < -0.4 is 11.2 Å². The van der Waals surface area contributed by atoms with Gasteiger partial charge in [0, 0.05) is 19.3 Å². The van der Waals surface area contributed by atoms with Gasteiger partial charge in [-0.3, -0.25) is 14.3 Å². The number of aromatic nitrogens is 4. The van der Waals surface area contributed by atoms with Crippen molar-refractivity contribution in [2.45, 2.75) is 24.4 Å². The van der Waals surface area contributed by atoms with Crippen molar-refractivity contribution < 1.29 is 0 Å². The van der Waals surface area contributed by atoms with Gasteiger partial charge in [0.1, 0.15) is 0 Å². The highest BCUT2D eigenvalue weighted by molar-refractivity contribution is 7.98. The number of nitrogens with zero attached hydrogens (tertiary/aromatic N) is 3. The predicted molar refractivity (Wildman–Crippen MR) is 96.5 cm³/mol. The van der Waals surface area contributed by atoms with Crippen molar-refractivity contribution in [3.8, 4) is 0 Å². The Bertz CT molecular complexity index is 1030. The van der Waals surface area contributed by atoms with Crippen LogP contribution in [0.25, 0.3) is 11.2 Å². The number of fused-ring (bicyclic) bond motifs is 1. The Morgan fingerprint density at radius 3 is 2.88 bits per heavy atom. The lowest BCUT2D eigenvalue weighted by molar-refractivity contribution is 0.745. The van der Waals surface area contributed by atoms with Crippen LogP contribution in [0.3, 0.4) is 0 Å². The Morgan fingerprint density at radius 2 is 2.17 bits per heavy atom. The second-order valence-corrected chi connectivity index (χ2v) is 6.50. The molecule has 1 N–H and O–H groups in total. The molecule has 3 rings (SSSR count). The number of aromatic amines is 1. The van der Waals surface area contributed by atoms with Gasteiger partial charge in [0.2, 0.25) is 0 Å². The third kappa shape index (κ3) is 2.94. The fraction of sp³-hybridized carbons (Fsp3) is 0.235. The van der Waals surface area contributed by atoms with Crippen molar-refractivity contribution in [3.05, 3.63) is 68.9 Å². The number of H-pyrrole nitrogens is 1. The fourth-order valence-electron chi connectivity index (χ4n) is 2.57. The van der Waals surface area contributed by atoms with Crippen LogP contribution in [0.4, 0.5) is 0 Å². The molecule has 0 fully saturated rings. The zero-order valence-electron chi connectivity index (χ0n) is 13.6. The summed E-state index contributed by atoms with van der Waals surface area (Å²) in [6.07, 6.45) is 1.71. The maximum Gasteiger partial charge on any atom is 0.329 e. The number of hydrogen-bond donors (Lipinski definition) is 1. The smallest absolute Gasteiger partial charge is 0.309 e. The van der Waals surface area contributed by atoms with Crippen LogP contribution in [-0.4, -0.2) is 19.1 Å². The minimum Gasteiger partial charge on any atom is -0.309 e. The molecule has 3 aromatic rings. The minimum atomic E-state index is -0.467. The van der Waals surface area contributed by atoms with Gasteiger partial charge in [0.25, 0.3) is 5.56 Å². The van der Waals surface area contributed by atoms with Crippen molar-refractivity contribution in [2.75, 3.05) is 0 Å². The molecular formula is C17H18N4O2S. The number of allylic oxidation sites excluding steroid dienone is 1. The Morgan fingerprint density at radius 1 is 1.38 bits per heavy atom. The van der Waals surface area contributed by atoms with Crippen molar-refractivity contribution in [1.29, 1.82) is 0 Å². The van der Waals surface area contributed by atoms with Crippen LogP contribution in [0.1, 0.15) is 11.1 Å². The molecule has 0 aliphatic rings. The maximum absolute atomic E-state index is 12.2. The van der Waals surface area contributed by atoms with Gasteiger partial charge in [-0.25, -0.2) is 9.78 Å². The molecule has 0 amide bonds. The summed E-state index contributed by atoms with van der Waals surface area (Å²) in [5.74, 6) is 0.730. The molecule has 124 valence electrons. The standard InChI is InChI=1S/C17H18N4O2S/c1-4-8-21-13-14(20(3)16(23)19-15(13)22)18-17(21)24-10-12-7-5-6-11(2)9-12/h4-7,9H,1,8,10H2,2-3H3,(H,19,22,23). The Labute approximate surface area is 142 Å². The largest absolute Gasteiger partial charge is 0.329 e. The summed E-state index contributed by atoms with van der Waals surface area (Å²) in [6.45, 7) is 6.25. The summed E-state index contributed by atoms with van der Waals surface area (Å²) < 4.78 is 3.15. The highest BCUT2D eigenvalue weighted by Crippen LogP contribution is 2.25. The lowest BCUT2D eigenvalue weighted by Gasteiger charge is -2.06. The first-order valence-corrected chi connectivity index (χ1v) is 8.48. The molecule has 0 saturated carbocycles. The van der Waals surface area contributed by atoms with Crippen molar-refractivity contribution >= 4 is 22.9 Å². The summed E-state index contributed by atoms with van der Waals surface area (Å²) in [6, 6.07) is 8.25. The zero-order valence-corrected chi connectivity index (χ0v) is 14.4. The molecule has 7 heteroatoms. The zero-order chi connectivity index (χ0) is 17.3. The first kappa shape index (κ1) is 16.3. The van der Waals surface area contributed by atoms with E-state index in [0.29, 0.717) is 22.9 Å². The van der Waals surface area contributed by atoms with Gasteiger partial charge < -0.3 is 4.57 Å². The third-order valence-electron chi connectivity index (χ3n) is 3.73. The summed E-state index contributed by atoms with van der Waals surface area (Å²) in [7, 11) is 1.60. The van der Waals surface area contributed by atoms with Crippen LogP contribution in [-0.2, 0) is 19.3 Å². The lowest BCUT2D eigenvalue weighted by atomic mass is 10.2. The van der Waals surface area contributed by atoms with Gasteiger partial charge in [-0.15, -0.1) is 6.58 Å². The molecule has 0 bridgehead atoms. The molecule has 0 unspecified atom stereocenters. The second kappa shape index (κ2) is 6.52. The van der Waals surface area contributed by atoms with E-state index in [9.17, 15) is 9.59 Å². The highest BCUT2D eigenvalue weighted by atomic mass is 32.2. The van der Waals surface area contributed by atoms with Crippen LogP contribution in [0, 0.1) is 6.92 Å². The lowest BCUT2D eigenvalue weighted by Crippen LogP contribution is -2.29. The summed E-state index contributed by atoms with van der Waals surface area (Å²) in [5, 5.41) is 0.693. The Kier molecular flexibility index (Phi) is 4.44. The minimum absolute atomic E-state index is 0.386. The van der Waals surface area contributed by atoms with E-state index in [4.69, 9.17) is 0 Å². The molecular weight excluding hydrogens is 324 g/mol. The van der Waals surface area contributed by atoms with E-state index in [2.05, 4.69) is 41.7 Å². The molecule has 0 aliphatic carbocycles. The van der Waals surface area contributed by atoms with E-state index in [0.717, 1.165) is 5.75 Å². The van der Waals surface area contributed by atoms with Crippen LogP contribution >= 0.6 is 11.8 Å². The number of hydrogen-bond acceptors (Lipinski definition) is 4. The van der Waals surface area contributed by atoms with Crippen LogP contribution in [0.15, 0.2) is 51.7 Å². The molecule has 24 heavy (non-hydrogen) atoms. The number of imidazole rings is 1. The van der Waals surface area contributed by atoms with Crippen LogP contribution in [0.5, 0.6) is 0 Å². The molecule has 0 spiro atoms. The van der Waals surface area contributed by atoms with Gasteiger partial charge in [-0.2, -0.15) is 0 Å². The monoisotopic (exact) mass is 342 g/mol. The average Bonchev–Trinajstić information content (AvgIpc) is 2.90. The van der Waals surface area contributed by atoms with Gasteiger partial charge in [0.15, 0.2) is 16.3 Å². The van der Waals surface area contributed by atoms with E-state index in [1.807, 2.05) is 6.07 Å². The van der Waals surface area contributed by atoms with Gasteiger partial charge in [-0.05, 0) is 12.5 Å². The summed E-state index contributed by atoms with van der Waals surface area (Å²) in [4.78, 5) is 30.8. The SMILES string of the molecule is C=CCn1c(SCc2cccc(C)c2)nc2c1c(=O)[nH]c(=O)n2C. The van der Waals surface area contributed by atoms with E-state index in [-0.39, 0.29) is 0 Å². The summed E-state index contributed by atoms with van der Waals surface area (Å²) >= 11 is 1.53. The molecule has 0 radical (unpaired) electrons. The van der Waals surface area contributed by atoms with Crippen molar-refractivity contribution in [1.82, 2.24) is 19.1 Å². The van der Waals surface area contributed by atoms with Gasteiger partial charge >= 0.3 is 5.69 Å². The first-order valence-electron chi connectivity index (χ1n) is 7.50. The van der Waals surface area contributed by atoms with Gasteiger partial charge in [-0.1, -0.05) is 47.7 Å². The van der Waals surface area contributed by atoms with Crippen LogP contribution in [0.2, 0.25) is 0 Å². The number of rotatable bonds is 5. The molecule has 0 aliphatic heterocycles. The first-order chi connectivity index (χ1) is 11.5. The topological polar surface area (TPSA) is 72.7 Å². The number of aryl methyl sites for hydroxylation is 2. The normalized spacial score (nSPS) is 11.1. The summed E-state index contributed by atoms with van der Waals surface area (Å²) in [5.41, 5.74) is 2.27. The Hall–Kier alpha value is -2.54.